The van der Waals surface area contributed by atoms with Crippen molar-refractivity contribution in [3.05, 3.63) is 0 Å². The Morgan fingerprint density at radius 3 is 2.38 bits per heavy atom. The highest BCUT2D eigenvalue weighted by atomic mass is 16.2. The first-order chi connectivity index (χ1) is 9.66. The molecule has 2 fully saturated rings. The van der Waals surface area contributed by atoms with Gasteiger partial charge in [0.2, 0.25) is 11.8 Å². The molecule has 2 aliphatic rings. The third kappa shape index (κ3) is 2.82. The Balaban J connectivity index is 2.38. The monoisotopic (exact) mass is 294 g/mol. The zero-order valence-electron chi connectivity index (χ0n) is 14.3. The number of hydrogen-bond acceptors (Lipinski definition) is 2. The van der Waals surface area contributed by atoms with Gasteiger partial charge in [0, 0.05) is 6.04 Å². The molecular weight excluding hydrogens is 264 g/mol. The maximum absolute atomic E-state index is 13.0. The van der Waals surface area contributed by atoms with Crippen molar-refractivity contribution in [3.8, 4) is 0 Å². The maximum Gasteiger partial charge on any atom is 0.248 e. The van der Waals surface area contributed by atoms with Crippen LogP contribution in [0.2, 0.25) is 0 Å². The fourth-order valence-corrected chi connectivity index (χ4v) is 3.94. The summed E-state index contributed by atoms with van der Waals surface area (Å²) in [6.07, 6.45) is 3.39. The van der Waals surface area contributed by atoms with E-state index in [1.54, 1.807) is 0 Å². The Kier molecular flexibility index (Phi) is 4.36. The lowest BCUT2D eigenvalue weighted by Gasteiger charge is -2.51. The zero-order chi connectivity index (χ0) is 15.9. The van der Waals surface area contributed by atoms with Crippen molar-refractivity contribution in [1.29, 1.82) is 0 Å². The molecule has 1 heterocycles. The molecule has 120 valence electrons. The molecule has 0 aromatic rings. The SMILES string of the molecule is CC(C)C1C(=O)NC(C)(C)C(=O)N1C1CCCC(C)C1C. The van der Waals surface area contributed by atoms with Gasteiger partial charge in [0.05, 0.1) is 0 Å². The lowest BCUT2D eigenvalue weighted by atomic mass is 9.75. The van der Waals surface area contributed by atoms with Gasteiger partial charge in [0.15, 0.2) is 0 Å². The number of hydrogen-bond donors (Lipinski definition) is 1. The number of amides is 2. The van der Waals surface area contributed by atoms with E-state index in [0.717, 1.165) is 12.8 Å². The predicted molar refractivity (Wildman–Crippen MR) is 83.7 cm³/mol. The van der Waals surface area contributed by atoms with E-state index in [-0.39, 0.29) is 29.8 Å². The second kappa shape index (κ2) is 5.62. The number of carbonyl (C=O) groups excluding carboxylic acids is 2. The zero-order valence-corrected chi connectivity index (χ0v) is 14.3. The highest BCUT2D eigenvalue weighted by molar-refractivity contribution is 5.99. The molecule has 0 aromatic carbocycles. The van der Waals surface area contributed by atoms with Crippen molar-refractivity contribution in [1.82, 2.24) is 10.2 Å². The molecule has 4 nitrogen and oxygen atoms in total. The molecule has 2 rings (SSSR count). The number of nitrogens with one attached hydrogen (secondary N) is 1. The first-order valence-electron chi connectivity index (χ1n) is 8.31. The van der Waals surface area contributed by atoms with Crippen LogP contribution >= 0.6 is 0 Å². The molecule has 1 aliphatic heterocycles. The second-order valence-corrected chi connectivity index (χ2v) is 7.85. The van der Waals surface area contributed by atoms with Gasteiger partial charge in [-0.3, -0.25) is 9.59 Å². The fraction of sp³-hybridized carbons (Fsp3) is 0.882. The molecule has 4 heteroatoms. The lowest BCUT2D eigenvalue weighted by molar-refractivity contribution is -0.161. The van der Waals surface area contributed by atoms with Crippen molar-refractivity contribution in [2.75, 3.05) is 0 Å². The lowest BCUT2D eigenvalue weighted by Crippen LogP contribution is -2.72. The molecule has 1 N–H and O–H groups in total. The van der Waals surface area contributed by atoms with Crippen LogP contribution in [-0.2, 0) is 9.59 Å². The first-order valence-corrected chi connectivity index (χ1v) is 8.31. The molecule has 1 aliphatic carbocycles. The Bertz CT molecular complexity index is 431. The van der Waals surface area contributed by atoms with E-state index < -0.39 is 5.54 Å². The van der Waals surface area contributed by atoms with Crippen LogP contribution in [-0.4, -0.2) is 34.3 Å². The number of rotatable bonds is 2. The number of piperazine rings is 1. The molecular formula is C17H30N2O2. The Morgan fingerprint density at radius 2 is 1.81 bits per heavy atom. The van der Waals surface area contributed by atoms with E-state index in [2.05, 4.69) is 19.2 Å². The third-order valence-electron chi connectivity index (χ3n) is 5.43. The molecule has 4 atom stereocenters. The fourth-order valence-electron chi connectivity index (χ4n) is 3.94. The number of nitrogens with zero attached hydrogens (tertiary/aromatic N) is 1. The van der Waals surface area contributed by atoms with Crippen LogP contribution in [0.15, 0.2) is 0 Å². The van der Waals surface area contributed by atoms with Crippen molar-refractivity contribution < 1.29 is 9.59 Å². The van der Waals surface area contributed by atoms with Gasteiger partial charge >= 0.3 is 0 Å². The molecule has 0 spiro atoms. The van der Waals surface area contributed by atoms with Crippen LogP contribution in [0.3, 0.4) is 0 Å². The molecule has 1 saturated carbocycles. The predicted octanol–water partition coefficient (Wildman–Crippen LogP) is 2.57. The van der Waals surface area contributed by atoms with Crippen LogP contribution in [0.1, 0.15) is 60.8 Å². The van der Waals surface area contributed by atoms with Gasteiger partial charge in [0.1, 0.15) is 11.6 Å². The highest BCUT2D eigenvalue weighted by Crippen LogP contribution is 2.37. The van der Waals surface area contributed by atoms with Crippen molar-refractivity contribution in [2.24, 2.45) is 17.8 Å². The van der Waals surface area contributed by atoms with Crippen LogP contribution in [0.5, 0.6) is 0 Å². The van der Waals surface area contributed by atoms with E-state index in [9.17, 15) is 9.59 Å². The summed E-state index contributed by atoms with van der Waals surface area (Å²) in [5.74, 6) is 1.27. The third-order valence-corrected chi connectivity index (χ3v) is 5.43. The van der Waals surface area contributed by atoms with Crippen molar-refractivity contribution in [3.63, 3.8) is 0 Å². The van der Waals surface area contributed by atoms with Gasteiger partial charge in [-0.15, -0.1) is 0 Å². The van der Waals surface area contributed by atoms with E-state index in [1.807, 2.05) is 32.6 Å². The summed E-state index contributed by atoms with van der Waals surface area (Å²) in [4.78, 5) is 27.4. The summed E-state index contributed by atoms with van der Waals surface area (Å²) in [5.41, 5.74) is -0.789. The quantitative estimate of drug-likeness (QED) is 0.851. The van der Waals surface area contributed by atoms with Gasteiger partial charge in [-0.05, 0) is 38.0 Å². The summed E-state index contributed by atoms with van der Waals surface area (Å²) < 4.78 is 0. The van der Waals surface area contributed by atoms with E-state index in [1.165, 1.54) is 6.42 Å². The van der Waals surface area contributed by atoms with Gasteiger partial charge < -0.3 is 10.2 Å². The van der Waals surface area contributed by atoms with Gasteiger partial charge in [-0.2, -0.15) is 0 Å². The first kappa shape index (κ1) is 16.3. The minimum absolute atomic E-state index is 0.0000246. The normalized spacial score (nSPS) is 36.8. The summed E-state index contributed by atoms with van der Waals surface area (Å²) in [5, 5.41) is 2.90. The van der Waals surface area contributed by atoms with Gasteiger partial charge in [0.25, 0.3) is 0 Å². The highest BCUT2D eigenvalue weighted by Gasteiger charge is 2.50. The minimum Gasteiger partial charge on any atom is -0.340 e. The minimum atomic E-state index is -0.789. The topological polar surface area (TPSA) is 49.4 Å². The van der Waals surface area contributed by atoms with E-state index in [4.69, 9.17) is 0 Å². The average molecular weight is 294 g/mol. The van der Waals surface area contributed by atoms with E-state index >= 15 is 0 Å². The summed E-state index contributed by atoms with van der Waals surface area (Å²) >= 11 is 0. The molecule has 21 heavy (non-hydrogen) atoms. The Morgan fingerprint density at radius 1 is 1.19 bits per heavy atom. The molecule has 0 radical (unpaired) electrons. The number of carbonyl (C=O) groups is 2. The Hall–Kier alpha value is -1.06. The second-order valence-electron chi connectivity index (χ2n) is 7.85. The molecule has 4 unspecified atom stereocenters. The molecule has 0 bridgehead atoms. The standard InChI is InChI=1S/C17H30N2O2/c1-10(2)14-15(20)18-17(5,6)16(21)19(14)13-9-7-8-11(3)12(13)4/h10-14H,7-9H2,1-6H3,(H,18,20). The Labute approximate surface area is 128 Å². The summed E-state index contributed by atoms with van der Waals surface area (Å²) in [7, 11) is 0. The van der Waals surface area contributed by atoms with Gasteiger partial charge in [-0.25, -0.2) is 0 Å². The van der Waals surface area contributed by atoms with Crippen LogP contribution < -0.4 is 5.32 Å². The summed E-state index contributed by atoms with van der Waals surface area (Å²) in [6.45, 7) is 12.2. The average Bonchev–Trinajstić information content (AvgIpc) is 2.36. The largest absolute Gasteiger partial charge is 0.340 e. The molecule has 2 amide bonds. The molecule has 1 saturated heterocycles. The van der Waals surface area contributed by atoms with Crippen LogP contribution in [0, 0.1) is 17.8 Å². The van der Waals surface area contributed by atoms with Crippen molar-refractivity contribution >= 4 is 11.8 Å². The summed E-state index contributed by atoms with van der Waals surface area (Å²) in [6, 6.07) is -0.137. The van der Waals surface area contributed by atoms with Crippen LogP contribution in [0.4, 0.5) is 0 Å². The smallest absolute Gasteiger partial charge is 0.248 e. The molecule has 0 aromatic heterocycles. The maximum atomic E-state index is 13.0. The van der Waals surface area contributed by atoms with Crippen molar-refractivity contribution in [2.45, 2.75) is 78.4 Å². The van der Waals surface area contributed by atoms with Gasteiger partial charge in [-0.1, -0.05) is 40.5 Å². The van der Waals surface area contributed by atoms with E-state index in [0.29, 0.717) is 11.8 Å². The van der Waals surface area contributed by atoms with Crippen LogP contribution in [0.25, 0.3) is 0 Å².